The summed E-state index contributed by atoms with van der Waals surface area (Å²) in [5.74, 6) is -0.690. The highest BCUT2D eigenvalue weighted by atomic mass is 16.5. The molecule has 0 aliphatic heterocycles. The number of carbonyl (C=O) groups excluding carboxylic acids is 2. The molecule has 0 unspecified atom stereocenters. The average molecular weight is 250 g/mol. The van der Waals surface area contributed by atoms with Crippen LogP contribution in [0.2, 0.25) is 0 Å². The highest BCUT2D eigenvalue weighted by Crippen LogP contribution is 2.08. The van der Waals surface area contributed by atoms with Crippen molar-refractivity contribution >= 4 is 11.9 Å². The van der Waals surface area contributed by atoms with Gasteiger partial charge in [-0.3, -0.25) is 4.79 Å². The van der Waals surface area contributed by atoms with Crippen molar-refractivity contribution in [2.45, 2.75) is 25.9 Å². The van der Waals surface area contributed by atoms with Gasteiger partial charge in [-0.25, -0.2) is 4.79 Å². The third kappa shape index (κ3) is 3.85. The number of ether oxygens (including phenoxy) is 1. The normalized spacial score (nSPS) is 11.7. The first-order valence-corrected chi connectivity index (χ1v) is 5.72. The molecule has 1 atom stereocenters. The van der Waals surface area contributed by atoms with Gasteiger partial charge in [0.05, 0.1) is 13.5 Å². The van der Waals surface area contributed by atoms with E-state index in [1.807, 2.05) is 24.3 Å². The minimum Gasteiger partial charge on any atom is -0.467 e. The first-order valence-electron chi connectivity index (χ1n) is 5.72. The number of nitrogens with two attached hydrogens (primary N) is 1. The van der Waals surface area contributed by atoms with Crippen LogP contribution in [0.25, 0.3) is 0 Å². The summed E-state index contributed by atoms with van der Waals surface area (Å²) in [6, 6.07) is 6.82. The molecule has 5 heteroatoms. The van der Waals surface area contributed by atoms with Gasteiger partial charge >= 0.3 is 5.97 Å². The summed E-state index contributed by atoms with van der Waals surface area (Å²) >= 11 is 0. The average Bonchev–Trinajstić information content (AvgIpc) is 2.38. The molecule has 0 saturated heterocycles. The van der Waals surface area contributed by atoms with E-state index in [-0.39, 0.29) is 12.3 Å². The van der Waals surface area contributed by atoms with E-state index in [2.05, 4.69) is 10.1 Å². The molecule has 0 heterocycles. The quantitative estimate of drug-likeness (QED) is 0.740. The van der Waals surface area contributed by atoms with Crippen molar-refractivity contribution in [1.29, 1.82) is 0 Å². The predicted molar refractivity (Wildman–Crippen MR) is 67.7 cm³/mol. The van der Waals surface area contributed by atoms with E-state index in [0.29, 0.717) is 6.54 Å². The number of esters is 1. The van der Waals surface area contributed by atoms with E-state index in [0.717, 1.165) is 11.1 Å². The second kappa shape index (κ2) is 6.76. The molecule has 0 aliphatic rings. The van der Waals surface area contributed by atoms with Gasteiger partial charge < -0.3 is 15.8 Å². The molecular formula is C13H18N2O3. The van der Waals surface area contributed by atoms with Gasteiger partial charge in [0.15, 0.2) is 0 Å². The SMILES string of the molecule is COC(=O)[C@H](C)NC(=O)Cc1ccccc1CN. The Labute approximate surface area is 106 Å². The lowest BCUT2D eigenvalue weighted by Gasteiger charge is -2.12. The summed E-state index contributed by atoms with van der Waals surface area (Å²) < 4.78 is 4.53. The van der Waals surface area contributed by atoms with E-state index in [9.17, 15) is 9.59 Å². The van der Waals surface area contributed by atoms with Crippen LogP contribution in [0.15, 0.2) is 24.3 Å². The summed E-state index contributed by atoms with van der Waals surface area (Å²) in [6.45, 7) is 1.97. The first-order chi connectivity index (χ1) is 8.58. The number of amides is 1. The van der Waals surface area contributed by atoms with Crippen LogP contribution in [0.3, 0.4) is 0 Å². The Morgan fingerprint density at radius 3 is 2.50 bits per heavy atom. The van der Waals surface area contributed by atoms with Crippen LogP contribution in [0, 0.1) is 0 Å². The number of methoxy groups -OCH3 is 1. The van der Waals surface area contributed by atoms with Crippen molar-refractivity contribution < 1.29 is 14.3 Å². The topological polar surface area (TPSA) is 81.4 Å². The molecule has 0 fully saturated rings. The van der Waals surface area contributed by atoms with Gasteiger partial charge in [0, 0.05) is 6.54 Å². The Morgan fingerprint density at radius 1 is 1.33 bits per heavy atom. The lowest BCUT2D eigenvalue weighted by atomic mass is 10.0. The summed E-state index contributed by atoms with van der Waals surface area (Å²) in [6.07, 6.45) is 0.203. The van der Waals surface area contributed by atoms with E-state index in [4.69, 9.17) is 5.73 Å². The van der Waals surface area contributed by atoms with E-state index in [1.54, 1.807) is 6.92 Å². The van der Waals surface area contributed by atoms with Gasteiger partial charge in [-0.15, -0.1) is 0 Å². The van der Waals surface area contributed by atoms with Crippen molar-refractivity contribution in [2.75, 3.05) is 7.11 Å². The van der Waals surface area contributed by atoms with Crippen molar-refractivity contribution in [3.63, 3.8) is 0 Å². The van der Waals surface area contributed by atoms with Gasteiger partial charge in [0.1, 0.15) is 6.04 Å². The Kier molecular flexibility index (Phi) is 5.32. The summed E-state index contributed by atoms with van der Waals surface area (Å²) in [5, 5.41) is 2.58. The molecule has 0 aliphatic carbocycles. The van der Waals surface area contributed by atoms with Gasteiger partial charge in [-0.05, 0) is 18.1 Å². The molecule has 1 aromatic carbocycles. The van der Waals surface area contributed by atoms with Gasteiger partial charge in [0.25, 0.3) is 0 Å². The maximum Gasteiger partial charge on any atom is 0.328 e. The highest BCUT2D eigenvalue weighted by Gasteiger charge is 2.16. The van der Waals surface area contributed by atoms with Gasteiger partial charge in [-0.1, -0.05) is 24.3 Å². The molecule has 1 rings (SSSR count). The van der Waals surface area contributed by atoms with E-state index in [1.165, 1.54) is 7.11 Å². The minimum absolute atomic E-state index is 0.203. The van der Waals surface area contributed by atoms with Crippen molar-refractivity contribution in [2.24, 2.45) is 5.73 Å². The number of benzene rings is 1. The second-order valence-corrected chi connectivity index (χ2v) is 3.96. The molecule has 0 saturated carbocycles. The number of hydrogen-bond acceptors (Lipinski definition) is 4. The maximum absolute atomic E-state index is 11.8. The van der Waals surface area contributed by atoms with Crippen molar-refractivity contribution in [1.82, 2.24) is 5.32 Å². The molecule has 5 nitrogen and oxygen atoms in total. The van der Waals surface area contributed by atoms with Crippen LogP contribution in [-0.4, -0.2) is 25.0 Å². The monoisotopic (exact) mass is 250 g/mol. The van der Waals surface area contributed by atoms with Crippen molar-refractivity contribution in [3.8, 4) is 0 Å². The second-order valence-electron chi connectivity index (χ2n) is 3.96. The predicted octanol–water partition coefficient (Wildman–Crippen LogP) is 0.365. The minimum atomic E-state index is -0.646. The number of hydrogen-bond donors (Lipinski definition) is 2. The fourth-order valence-corrected chi connectivity index (χ4v) is 1.63. The molecular weight excluding hydrogens is 232 g/mol. The van der Waals surface area contributed by atoms with E-state index < -0.39 is 12.0 Å². The van der Waals surface area contributed by atoms with Gasteiger partial charge in [0.2, 0.25) is 5.91 Å². The Balaban J connectivity index is 2.62. The largest absolute Gasteiger partial charge is 0.467 e. The van der Waals surface area contributed by atoms with Gasteiger partial charge in [-0.2, -0.15) is 0 Å². The molecule has 0 spiro atoms. The Hall–Kier alpha value is -1.88. The lowest BCUT2D eigenvalue weighted by molar-refractivity contribution is -0.144. The molecule has 98 valence electrons. The third-order valence-corrected chi connectivity index (χ3v) is 2.62. The number of nitrogens with one attached hydrogen (secondary N) is 1. The van der Waals surface area contributed by atoms with Crippen LogP contribution in [0.1, 0.15) is 18.1 Å². The van der Waals surface area contributed by atoms with Crippen LogP contribution in [-0.2, 0) is 27.3 Å². The van der Waals surface area contributed by atoms with Crippen LogP contribution >= 0.6 is 0 Å². The van der Waals surface area contributed by atoms with Crippen LogP contribution in [0.5, 0.6) is 0 Å². The van der Waals surface area contributed by atoms with E-state index >= 15 is 0 Å². The zero-order valence-electron chi connectivity index (χ0n) is 10.6. The van der Waals surface area contributed by atoms with Crippen molar-refractivity contribution in [3.05, 3.63) is 35.4 Å². The molecule has 0 aromatic heterocycles. The molecule has 1 amide bonds. The molecule has 0 radical (unpaired) electrons. The fraction of sp³-hybridized carbons (Fsp3) is 0.385. The number of rotatable bonds is 5. The molecule has 1 aromatic rings. The first kappa shape index (κ1) is 14.2. The maximum atomic E-state index is 11.8. The Morgan fingerprint density at radius 2 is 1.94 bits per heavy atom. The third-order valence-electron chi connectivity index (χ3n) is 2.62. The lowest BCUT2D eigenvalue weighted by Crippen LogP contribution is -2.40. The standard InChI is InChI=1S/C13H18N2O3/c1-9(13(17)18-2)15-12(16)7-10-5-3-4-6-11(10)8-14/h3-6,9H,7-8,14H2,1-2H3,(H,15,16)/t9-/m0/s1. The molecule has 3 N–H and O–H groups in total. The smallest absolute Gasteiger partial charge is 0.328 e. The Bertz CT molecular complexity index is 432. The zero-order chi connectivity index (χ0) is 13.5. The molecule has 0 bridgehead atoms. The highest BCUT2D eigenvalue weighted by molar-refractivity contribution is 5.85. The molecule has 18 heavy (non-hydrogen) atoms. The number of carbonyl (C=O) groups is 2. The zero-order valence-corrected chi connectivity index (χ0v) is 10.6. The fourth-order valence-electron chi connectivity index (χ4n) is 1.63. The van der Waals surface area contributed by atoms with Crippen LogP contribution < -0.4 is 11.1 Å². The summed E-state index contributed by atoms with van der Waals surface area (Å²) in [4.78, 5) is 22.9. The summed E-state index contributed by atoms with van der Waals surface area (Å²) in [7, 11) is 1.29. The summed E-state index contributed by atoms with van der Waals surface area (Å²) in [5.41, 5.74) is 7.39. The van der Waals surface area contributed by atoms with Crippen LogP contribution in [0.4, 0.5) is 0 Å².